The second-order valence-electron chi connectivity index (χ2n) is 8.99. The lowest BCUT2D eigenvalue weighted by Crippen LogP contribution is -2.73. The molecule has 0 bridgehead atoms. The number of carbonyl (C=O) groups excluding carboxylic acids is 2. The Balaban J connectivity index is 1.31. The van der Waals surface area contributed by atoms with E-state index in [4.69, 9.17) is 0 Å². The number of urea groups is 1. The van der Waals surface area contributed by atoms with Crippen molar-refractivity contribution < 1.29 is 23.5 Å². The highest BCUT2D eigenvalue weighted by Gasteiger charge is 2.54. The fourth-order valence-electron chi connectivity index (χ4n) is 5.03. The molecule has 2 aliphatic rings. The topological polar surface area (TPSA) is 72.9 Å². The number of aliphatic hydroxyl groups excluding tert-OH is 1. The Labute approximate surface area is 207 Å². The van der Waals surface area contributed by atoms with Gasteiger partial charge >= 0.3 is 6.03 Å². The van der Waals surface area contributed by atoms with Gasteiger partial charge in [-0.25, -0.2) is 13.6 Å². The van der Waals surface area contributed by atoms with Crippen LogP contribution in [0.25, 0.3) is 12.2 Å². The van der Waals surface area contributed by atoms with Crippen LogP contribution >= 0.6 is 0 Å². The van der Waals surface area contributed by atoms with Gasteiger partial charge < -0.3 is 20.2 Å². The molecule has 0 saturated carbocycles. The lowest BCUT2D eigenvalue weighted by Gasteiger charge is -2.58. The Hall–Kier alpha value is -4.04. The summed E-state index contributed by atoms with van der Waals surface area (Å²) in [7, 11) is 0. The van der Waals surface area contributed by atoms with E-state index in [1.54, 1.807) is 4.90 Å². The van der Waals surface area contributed by atoms with E-state index in [2.05, 4.69) is 5.32 Å². The SMILES string of the molecule is O=C(Nc1cc(F)ccc1F)N1CC(=O)N2[C@H](CO)[C@@H](c3ccc(C=Cc4ccccc4)cc3)[C@H]2C1. The molecule has 2 saturated heterocycles. The average Bonchev–Trinajstić information content (AvgIpc) is 2.87. The van der Waals surface area contributed by atoms with Gasteiger partial charge in [0.25, 0.3) is 0 Å². The van der Waals surface area contributed by atoms with E-state index in [9.17, 15) is 23.5 Å². The maximum absolute atomic E-state index is 14.0. The Morgan fingerprint density at radius 1 is 1.00 bits per heavy atom. The van der Waals surface area contributed by atoms with Crippen LogP contribution in [0, 0.1) is 11.6 Å². The number of nitrogens with one attached hydrogen (secondary N) is 1. The predicted molar refractivity (Wildman–Crippen MR) is 133 cm³/mol. The summed E-state index contributed by atoms with van der Waals surface area (Å²) in [5, 5.41) is 12.4. The minimum atomic E-state index is -0.766. The lowest BCUT2D eigenvalue weighted by molar-refractivity contribution is -0.159. The van der Waals surface area contributed by atoms with E-state index in [0.717, 1.165) is 34.9 Å². The molecule has 0 spiro atoms. The first-order chi connectivity index (χ1) is 17.4. The molecule has 3 amide bonds. The Morgan fingerprint density at radius 2 is 1.69 bits per heavy atom. The summed E-state index contributed by atoms with van der Waals surface area (Å²) in [6.45, 7) is -0.180. The summed E-state index contributed by atoms with van der Waals surface area (Å²) in [6, 6.07) is 19.3. The van der Waals surface area contributed by atoms with Gasteiger partial charge in [-0.05, 0) is 28.8 Å². The number of piperazine rings is 1. The van der Waals surface area contributed by atoms with Gasteiger partial charge in [0.1, 0.15) is 18.2 Å². The molecule has 6 nitrogen and oxygen atoms in total. The maximum Gasteiger partial charge on any atom is 0.322 e. The van der Waals surface area contributed by atoms with E-state index in [0.29, 0.717) is 0 Å². The number of fused-ring (bicyclic) bond motifs is 1. The lowest BCUT2D eigenvalue weighted by atomic mass is 9.73. The van der Waals surface area contributed by atoms with Crippen molar-refractivity contribution >= 4 is 29.8 Å². The molecule has 3 atom stereocenters. The van der Waals surface area contributed by atoms with Crippen molar-refractivity contribution in [2.24, 2.45) is 0 Å². The summed E-state index contributed by atoms with van der Waals surface area (Å²) in [5.74, 6) is -1.90. The number of benzene rings is 3. The molecule has 184 valence electrons. The molecule has 2 fully saturated rings. The van der Waals surface area contributed by atoms with Crippen LogP contribution in [0.15, 0.2) is 72.8 Å². The fraction of sp³-hybridized carbons (Fsp3) is 0.214. The second kappa shape index (κ2) is 9.91. The summed E-state index contributed by atoms with van der Waals surface area (Å²) in [4.78, 5) is 28.5. The fourth-order valence-corrected chi connectivity index (χ4v) is 5.03. The first-order valence-electron chi connectivity index (χ1n) is 11.7. The molecule has 2 N–H and O–H groups in total. The second-order valence-corrected chi connectivity index (χ2v) is 8.99. The highest BCUT2D eigenvalue weighted by Crippen LogP contribution is 2.43. The minimum Gasteiger partial charge on any atom is -0.394 e. The Bertz CT molecular complexity index is 1300. The first kappa shape index (κ1) is 23.7. The van der Waals surface area contributed by atoms with Gasteiger partial charge in [0.2, 0.25) is 5.91 Å². The standard InChI is InChI=1S/C28H25F2N3O3/c29-21-12-13-22(30)23(14-21)31-28(36)32-15-24-27(25(17-34)33(24)26(35)16-32)20-10-8-19(9-11-20)7-6-18-4-2-1-3-5-18/h1-14,24-25,27,34H,15-17H2,(H,31,36)/t24-,25-,27+/m1/s1. The van der Waals surface area contributed by atoms with Crippen molar-refractivity contribution in [2.45, 2.75) is 18.0 Å². The number of nitrogens with zero attached hydrogens (tertiary/aromatic N) is 2. The van der Waals surface area contributed by atoms with Crippen molar-refractivity contribution in [1.82, 2.24) is 9.80 Å². The monoisotopic (exact) mass is 489 g/mol. The van der Waals surface area contributed by atoms with Gasteiger partial charge in [-0.15, -0.1) is 0 Å². The third kappa shape index (κ3) is 4.59. The van der Waals surface area contributed by atoms with Crippen LogP contribution in [0.1, 0.15) is 22.6 Å². The Morgan fingerprint density at radius 3 is 2.39 bits per heavy atom. The van der Waals surface area contributed by atoms with Crippen molar-refractivity contribution in [3.63, 3.8) is 0 Å². The number of rotatable bonds is 5. The van der Waals surface area contributed by atoms with E-state index in [-0.39, 0.29) is 49.3 Å². The van der Waals surface area contributed by atoms with Crippen LogP contribution in [0.5, 0.6) is 0 Å². The summed E-state index contributed by atoms with van der Waals surface area (Å²) < 4.78 is 27.5. The molecule has 3 aromatic carbocycles. The predicted octanol–water partition coefficient (Wildman–Crippen LogP) is 4.34. The van der Waals surface area contributed by atoms with Gasteiger partial charge in [0.15, 0.2) is 0 Å². The minimum absolute atomic E-state index is 0.160. The van der Waals surface area contributed by atoms with Crippen molar-refractivity contribution in [2.75, 3.05) is 25.0 Å². The first-order valence-corrected chi connectivity index (χ1v) is 11.7. The zero-order valence-corrected chi connectivity index (χ0v) is 19.4. The third-order valence-electron chi connectivity index (χ3n) is 6.80. The van der Waals surface area contributed by atoms with E-state index in [1.807, 2.05) is 66.7 Å². The van der Waals surface area contributed by atoms with Crippen molar-refractivity contribution in [3.8, 4) is 0 Å². The van der Waals surface area contributed by atoms with Crippen LogP contribution in [-0.2, 0) is 4.79 Å². The molecule has 0 aromatic heterocycles. The number of halogens is 2. The van der Waals surface area contributed by atoms with E-state index in [1.165, 1.54) is 4.90 Å². The van der Waals surface area contributed by atoms with Crippen LogP contribution in [0.3, 0.4) is 0 Å². The zero-order chi connectivity index (χ0) is 25.2. The molecular formula is C28H25F2N3O3. The maximum atomic E-state index is 14.0. The zero-order valence-electron chi connectivity index (χ0n) is 19.4. The summed E-state index contributed by atoms with van der Waals surface area (Å²) >= 11 is 0. The molecular weight excluding hydrogens is 464 g/mol. The number of anilines is 1. The van der Waals surface area contributed by atoms with Crippen LogP contribution in [0.4, 0.5) is 19.3 Å². The number of aliphatic hydroxyl groups is 1. The summed E-state index contributed by atoms with van der Waals surface area (Å²) in [6.07, 6.45) is 4.03. The molecule has 2 aliphatic heterocycles. The molecule has 0 radical (unpaired) electrons. The van der Waals surface area contributed by atoms with Gasteiger partial charge in [-0.2, -0.15) is 0 Å². The number of hydrogen-bond acceptors (Lipinski definition) is 3. The number of carbonyl (C=O) groups is 2. The highest BCUT2D eigenvalue weighted by atomic mass is 19.1. The van der Waals surface area contributed by atoms with Crippen molar-refractivity contribution in [3.05, 3.63) is 101 Å². The average molecular weight is 490 g/mol. The Kier molecular flexibility index (Phi) is 6.52. The van der Waals surface area contributed by atoms with Gasteiger partial charge in [0.05, 0.1) is 24.4 Å². The van der Waals surface area contributed by atoms with Gasteiger partial charge in [-0.3, -0.25) is 4.79 Å². The highest BCUT2D eigenvalue weighted by molar-refractivity contribution is 5.94. The third-order valence-corrected chi connectivity index (χ3v) is 6.80. The summed E-state index contributed by atoms with van der Waals surface area (Å²) in [5.41, 5.74) is 2.77. The molecule has 2 heterocycles. The molecule has 0 aliphatic carbocycles. The van der Waals surface area contributed by atoms with E-state index >= 15 is 0 Å². The largest absolute Gasteiger partial charge is 0.394 e. The van der Waals surface area contributed by atoms with E-state index < -0.39 is 17.7 Å². The van der Waals surface area contributed by atoms with Crippen LogP contribution < -0.4 is 5.32 Å². The number of hydrogen-bond donors (Lipinski definition) is 2. The van der Waals surface area contributed by atoms with Gasteiger partial charge in [-0.1, -0.05) is 66.7 Å². The molecule has 5 rings (SSSR count). The normalized spacial score (nSPS) is 21.3. The smallest absolute Gasteiger partial charge is 0.322 e. The molecule has 8 heteroatoms. The van der Waals surface area contributed by atoms with Crippen molar-refractivity contribution in [1.29, 1.82) is 0 Å². The molecule has 0 unspecified atom stereocenters. The number of amides is 3. The molecule has 36 heavy (non-hydrogen) atoms. The molecule has 3 aromatic rings. The van der Waals surface area contributed by atoms with Crippen LogP contribution in [-0.4, -0.2) is 58.6 Å². The quantitative estimate of drug-likeness (QED) is 0.524. The van der Waals surface area contributed by atoms with Crippen LogP contribution in [0.2, 0.25) is 0 Å². The van der Waals surface area contributed by atoms with Gasteiger partial charge in [0, 0.05) is 18.5 Å².